The number of nitrogens with one attached hydrogen (secondary N) is 5. The van der Waals surface area contributed by atoms with Crippen LogP contribution in [0.3, 0.4) is 0 Å². The van der Waals surface area contributed by atoms with Crippen molar-refractivity contribution >= 4 is 82.1 Å². The summed E-state index contributed by atoms with van der Waals surface area (Å²) in [6, 6.07) is 10.1. The Bertz CT molecular complexity index is 1740. The van der Waals surface area contributed by atoms with Gasteiger partial charge in [0, 0.05) is 51.1 Å². The summed E-state index contributed by atoms with van der Waals surface area (Å²) in [6.45, 7) is 0.210. The Balaban J connectivity index is 0.00000600. The maximum Gasteiger partial charge on any atom is 0.312 e. The first kappa shape index (κ1) is 36.9. The fourth-order valence-corrected chi connectivity index (χ4v) is 6.05. The lowest BCUT2D eigenvalue weighted by atomic mass is 10.1. The van der Waals surface area contributed by atoms with E-state index in [1.54, 1.807) is 79.2 Å². The van der Waals surface area contributed by atoms with Gasteiger partial charge < -0.3 is 35.4 Å². The zero-order chi connectivity index (χ0) is 33.6. The van der Waals surface area contributed by atoms with Crippen LogP contribution in [0.15, 0.2) is 71.7 Å². The largest absolute Gasteiger partial charge is 0.611 e. The van der Waals surface area contributed by atoms with Gasteiger partial charge in [-0.2, -0.15) is 10.0 Å². The zero-order valence-electron chi connectivity index (χ0n) is 25.8. The average molecular weight is 706 g/mol. The molecule has 2 aromatic heterocycles. The minimum absolute atomic E-state index is 0. The number of rotatable bonds is 14. The van der Waals surface area contributed by atoms with Gasteiger partial charge >= 0.3 is 5.91 Å². The molecule has 250 valence electrons. The van der Waals surface area contributed by atoms with Gasteiger partial charge in [-0.05, 0) is 53.1 Å². The summed E-state index contributed by atoms with van der Waals surface area (Å²) in [4.78, 5) is 51.2. The lowest BCUT2D eigenvalue weighted by molar-refractivity contribution is -0.849. The first-order valence-electron chi connectivity index (χ1n) is 14.0. The van der Waals surface area contributed by atoms with Crippen LogP contribution in [0.4, 0.5) is 11.4 Å². The number of amidine groups is 1. The SMILES string of the molecule is Cl.Cn1cc(NC(=O)c2cc(NC(=O)C3=CC(c4ccc([S+]([O-])CCCl)cc4)=C[N+]3(C)NC=O)cn2C)cc1C(=O)NCCC(=N)N. The molecule has 47 heavy (non-hydrogen) atoms. The van der Waals surface area contributed by atoms with Crippen molar-refractivity contribution in [3.05, 3.63) is 83.7 Å². The molecule has 0 spiro atoms. The Morgan fingerprint density at radius 1 is 1.02 bits per heavy atom. The van der Waals surface area contributed by atoms with E-state index < -0.39 is 23.0 Å². The number of aryl methyl sites for hydroxylation is 2. The third kappa shape index (κ3) is 8.84. The molecule has 0 radical (unpaired) electrons. The van der Waals surface area contributed by atoms with Crippen LogP contribution in [0.25, 0.3) is 5.57 Å². The van der Waals surface area contributed by atoms with E-state index in [1.807, 2.05) is 0 Å². The molecule has 2 atom stereocenters. The second-order valence-electron chi connectivity index (χ2n) is 10.6. The summed E-state index contributed by atoms with van der Waals surface area (Å²) in [5.74, 6) is -0.780. The first-order chi connectivity index (χ1) is 21.8. The number of likely N-dealkylation sites (N-methyl/N-ethyl adjacent to an activating group) is 1. The van der Waals surface area contributed by atoms with Crippen molar-refractivity contribution in [1.82, 2.24) is 19.9 Å². The van der Waals surface area contributed by atoms with E-state index in [0.717, 1.165) is 5.56 Å². The summed E-state index contributed by atoms with van der Waals surface area (Å²) >= 11 is 4.49. The molecule has 0 saturated heterocycles. The minimum Gasteiger partial charge on any atom is -0.611 e. The molecule has 0 bridgehead atoms. The van der Waals surface area contributed by atoms with Gasteiger partial charge in [-0.1, -0.05) is 0 Å². The number of alkyl halides is 1. The number of nitrogens with zero attached hydrogens (tertiary/aromatic N) is 3. The molecule has 1 aromatic carbocycles. The number of benzene rings is 1. The van der Waals surface area contributed by atoms with Crippen LogP contribution < -0.4 is 27.1 Å². The van der Waals surface area contributed by atoms with Crippen molar-refractivity contribution in [3.63, 3.8) is 0 Å². The zero-order valence-corrected chi connectivity index (χ0v) is 28.2. The quantitative estimate of drug-likeness (QED) is 0.0372. The van der Waals surface area contributed by atoms with E-state index in [2.05, 4.69) is 21.4 Å². The van der Waals surface area contributed by atoms with Crippen LogP contribution in [-0.2, 0) is 34.9 Å². The normalized spacial score (nSPS) is 15.9. The summed E-state index contributed by atoms with van der Waals surface area (Å²) in [5.41, 5.74) is 10.9. The highest BCUT2D eigenvalue weighted by Gasteiger charge is 2.38. The van der Waals surface area contributed by atoms with Gasteiger partial charge in [0.25, 0.3) is 18.2 Å². The molecule has 4 amide bonds. The van der Waals surface area contributed by atoms with E-state index in [1.165, 1.54) is 12.1 Å². The van der Waals surface area contributed by atoms with E-state index in [9.17, 15) is 23.7 Å². The van der Waals surface area contributed by atoms with E-state index in [0.29, 0.717) is 39.7 Å². The molecule has 1 aliphatic heterocycles. The van der Waals surface area contributed by atoms with E-state index in [-0.39, 0.29) is 59.0 Å². The number of carbonyl (C=O) groups is 4. The third-order valence-corrected chi connectivity index (χ3v) is 8.91. The summed E-state index contributed by atoms with van der Waals surface area (Å²) in [6.07, 6.45) is 7.24. The first-order valence-corrected chi connectivity index (χ1v) is 15.8. The Kier molecular flexibility index (Phi) is 12.4. The number of carbonyl (C=O) groups excluding carboxylic acids is 4. The maximum atomic E-state index is 13.5. The molecule has 17 heteroatoms. The van der Waals surface area contributed by atoms with Crippen molar-refractivity contribution in [1.29, 1.82) is 5.41 Å². The standard InChI is InChI=1S/C30H34ClN9O5S.ClH/c1-38-15-21(13-24(38)28(42)34-10-8-27(32)33)36-29(43)25-14-22(16-39(25)2)37-30(44)26-12-20(17-40(26,3)35-18-41)19-4-6-23(7-5-19)46(45)11-9-31;/h4-7,12-18H,8-11H2,1-3H3,(H6-,32,33,34,35,36,37,41,42,43,44);1H/p+1. The van der Waals surface area contributed by atoms with Crippen LogP contribution in [0.1, 0.15) is 33.0 Å². The van der Waals surface area contributed by atoms with Gasteiger partial charge in [0.15, 0.2) is 4.90 Å². The van der Waals surface area contributed by atoms with Crippen molar-refractivity contribution < 1.29 is 28.3 Å². The fraction of sp³-hybridized carbons (Fsp3) is 0.233. The lowest BCUT2D eigenvalue weighted by Gasteiger charge is -2.25. The topological polar surface area (TPSA) is 199 Å². The molecule has 0 saturated carbocycles. The van der Waals surface area contributed by atoms with E-state index in [4.69, 9.17) is 22.7 Å². The highest BCUT2D eigenvalue weighted by atomic mass is 35.5. The third-order valence-electron chi connectivity index (χ3n) is 7.13. The Morgan fingerprint density at radius 3 is 2.15 bits per heavy atom. The second-order valence-corrected chi connectivity index (χ2v) is 12.5. The van der Waals surface area contributed by atoms with Crippen molar-refractivity contribution in [2.45, 2.75) is 11.3 Å². The lowest BCUT2D eigenvalue weighted by Crippen LogP contribution is -2.50. The Labute approximate surface area is 285 Å². The minimum atomic E-state index is -1.22. The monoisotopic (exact) mass is 704 g/mol. The molecule has 0 aliphatic carbocycles. The molecule has 7 N–H and O–H groups in total. The van der Waals surface area contributed by atoms with Crippen LogP contribution in [0, 0.1) is 5.41 Å². The van der Waals surface area contributed by atoms with Gasteiger partial charge in [0.1, 0.15) is 30.4 Å². The molecular weight excluding hydrogens is 669 g/mol. The number of anilines is 2. The fourth-order valence-electron chi connectivity index (χ4n) is 4.81. The number of halogens is 2. The summed E-state index contributed by atoms with van der Waals surface area (Å²) in [5, 5.41) is 15.5. The number of aromatic nitrogens is 2. The number of nitrogens with two attached hydrogens (primary N) is 1. The number of allylic oxidation sites excluding steroid dienone is 2. The van der Waals surface area contributed by atoms with Gasteiger partial charge in [0.05, 0.1) is 23.1 Å². The maximum absolute atomic E-state index is 13.5. The molecule has 2 unspecified atom stereocenters. The molecule has 3 aromatic rings. The highest BCUT2D eigenvalue weighted by Crippen LogP contribution is 2.32. The van der Waals surface area contributed by atoms with E-state index >= 15 is 0 Å². The second kappa shape index (κ2) is 15.8. The van der Waals surface area contributed by atoms with Crippen molar-refractivity contribution in [3.8, 4) is 0 Å². The predicted octanol–water partition coefficient (Wildman–Crippen LogP) is 2.42. The number of hydrogen-bond acceptors (Lipinski definition) is 6. The number of amides is 4. The highest BCUT2D eigenvalue weighted by molar-refractivity contribution is 7.91. The van der Waals surface area contributed by atoms with Gasteiger partial charge in [-0.3, -0.25) is 24.6 Å². The molecule has 14 nitrogen and oxygen atoms in total. The summed E-state index contributed by atoms with van der Waals surface area (Å²) < 4.78 is 15.1. The van der Waals surface area contributed by atoms with Gasteiger partial charge in [0.2, 0.25) is 5.70 Å². The smallest absolute Gasteiger partial charge is 0.312 e. The predicted molar refractivity (Wildman–Crippen MR) is 183 cm³/mol. The Hall–Kier alpha value is -4.54. The van der Waals surface area contributed by atoms with Crippen molar-refractivity contribution in [2.24, 2.45) is 19.8 Å². The molecule has 4 rings (SSSR count). The average Bonchev–Trinajstić information content (AvgIpc) is 3.67. The molecule has 1 aliphatic rings. The molecule has 0 fully saturated rings. The van der Waals surface area contributed by atoms with Crippen LogP contribution in [0.5, 0.6) is 0 Å². The number of hydrogen-bond donors (Lipinski definition) is 6. The molecular formula is C30H36Cl2N9O5S+. The molecule has 3 heterocycles. The summed E-state index contributed by atoms with van der Waals surface area (Å²) in [7, 11) is 4.95. The number of quaternary nitrogens is 1. The van der Waals surface area contributed by atoms with Crippen LogP contribution in [-0.4, -0.2) is 73.5 Å². The van der Waals surface area contributed by atoms with Crippen molar-refractivity contribution in [2.75, 3.05) is 35.9 Å². The Morgan fingerprint density at radius 2 is 1.60 bits per heavy atom. The van der Waals surface area contributed by atoms with Gasteiger partial charge in [-0.15, -0.1) is 24.0 Å². The van der Waals surface area contributed by atoms with Crippen LogP contribution in [0.2, 0.25) is 0 Å². The van der Waals surface area contributed by atoms with Crippen LogP contribution >= 0.6 is 24.0 Å². The van der Waals surface area contributed by atoms with Gasteiger partial charge in [-0.25, -0.2) is 0 Å².